The molecule has 1 atom stereocenters. The Bertz CT molecular complexity index is 1140. The fourth-order valence-corrected chi connectivity index (χ4v) is 3.23. The number of rotatable bonds is 10. The molecular formula is C24H24F3N3O4. The Hall–Kier alpha value is -3.53. The van der Waals surface area contributed by atoms with Crippen molar-refractivity contribution in [2.45, 2.75) is 39.0 Å². The van der Waals surface area contributed by atoms with E-state index in [0.717, 1.165) is 12.8 Å². The van der Waals surface area contributed by atoms with E-state index in [1.165, 1.54) is 30.3 Å². The Labute approximate surface area is 194 Å². The minimum absolute atomic E-state index is 0.000433. The zero-order valence-electron chi connectivity index (χ0n) is 18.4. The number of amides is 1. The highest BCUT2D eigenvalue weighted by molar-refractivity contribution is 5.94. The molecule has 180 valence electrons. The van der Waals surface area contributed by atoms with Gasteiger partial charge in [-0.15, -0.1) is 0 Å². The number of carbonyl (C=O) groups is 1. The Morgan fingerprint density at radius 1 is 1.21 bits per heavy atom. The van der Waals surface area contributed by atoms with Crippen molar-refractivity contribution in [1.82, 2.24) is 10.3 Å². The maximum Gasteiger partial charge on any atom is 0.387 e. The van der Waals surface area contributed by atoms with Crippen molar-refractivity contribution < 1.29 is 31.9 Å². The number of nitrogens with two attached hydrogens (primary N) is 1. The Balaban J connectivity index is 1.57. The monoisotopic (exact) mass is 475 g/mol. The van der Waals surface area contributed by atoms with Gasteiger partial charge in [0.25, 0.3) is 5.91 Å². The van der Waals surface area contributed by atoms with Gasteiger partial charge in [0.2, 0.25) is 5.89 Å². The molecule has 3 aromatic rings. The molecule has 1 saturated carbocycles. The van der Waals surface area contributed by atoms with Gasteiger partial charge >= 0.3 is 6.61 Å². The van der Waals surface area contributed by atoms with Crippen molar-refractivity contribution in [1.29, 1.82) is 0 Å². The third kappa shape index (κ3) is 5.88. The van der Waals surface area contributed by atoms with Crippen molar-refractivity contribution in [3.63, 3.8) is 0 Å². The van der Waals surface area contributed by atoms with Gasteiger partial charge in [0.05, 0.1) is 12.6 Å². The Kier molecular flexibility index (Phi) is 7.06. The molecule has 7 nitrogen and oxygen atoms in total. The van der Waals surface area contributed by atoms with E-state index < -0.39 is 18.6 Å². The number of oxazole rings is 1. The Morgan fingerprint density at radius 2 is 1.94 bits per heavy atom. The normalized spacial score (nSPS) is 14.2. The fraction of sp³-hybridized carbons (Fsp3) is 0.333. The standard InChI is InChI=1S/C24H24F3N3O4/c1-13(28)21-20(22(31)29-11-14-4-7-17(25)8-5-14)30-23(34-21)16-6-9-18(33-24(26)27)19(10-16)32-12-15-2-3-15/h4-10,13,15,24H,2-3,11-12,28H2,1H3,(H,29,31)/t13-/m0/s1. The van der Waals surface area contributed by atoms with Gasteiger partial charge < -0.3 is 24.9 Å². The van der Waals surface area contributed by atoms with Gasteiger partial charge in [-0.25, -0.2) is 9.37 Å². The van der Waals surface area contributed by atoms with Crippen LogP contribution in [0.15, 0.2) is 46.9 Å². The number of ether oxygens (including phenoxy) is 2. The van der Waals surface area contributed by atoms with E-state index in [0.29, 0.717) is 23.7 Å². The van der Waals surface area contributed by atoms with E-state index in [2.05, 4.69) is 15.0 Å². The van der Waals surface area contributed by atoms with Crippen molar-refractivity contribution in [3.8, 4) is 23.0 Å². The molecule has 34 heavy (non-hydrogen) atoms. The minimum atomic E-state index is -3.00. The van der Waals surface area contributed by atoms with E-state index in [-0.39, 0.29) is 41.2 Å². The number of aromatic nitrogens is 1. The lowest BCUT2D eigenvalue weighted by atomic mass is 10.2. The molecular weight excluding hydrogens is 451 g/mol. The van der Waals surface area contributed by atoms with Crippen LogP contribution in [-0.2, 0) is 6.54 Å². The molecule has 0 spiro atoms. The summed E-state index contributed by atoms with van der Waals surface area (Å²) in [5.74, 6) is -0.219. The largest absolute Gasteiger partial charge is 0.489 e. The molecule has 1 amide bonds. The van der Waals surface area contributed by atoms with Crippen LogP contribution >= 0.6 is 0 Å². The summed E-state index contributed by atoms with van der Waals surface area (Å²) in [4.78, 5) is 17.1. The van der Waals surface area contributed by atoms with Gasteiger partial charge in [-0.1, -0.05) is 12.1 Å². The maximum absolute atomic E-state index is 13.1. The highest BCUT2D eigenvalue weighted by atomic mass is 19.3. The summed E-state index contributed by atoms with van der Waals surface area (Å²) in [5.41, 5.74) is 7.09. The minimum Gasteiger partial charge on any atom is -0.489 e. The van der Waals surface area contributed by atoms with Crippen LogP contribution in [0.2, 0.25) is 0 Å². The number of alkyl halides is 2. The molecule has 1 heterocycles. The molecule has 1 aromatic heterocycles. The molecule has 1 fully saturated rings. The smallest absolute Gasteiger partial charge is 0.387 e. The summed E-state index contributed by atoms with van der Waals surface area (Å²) >= 11 is 0. The second kappa shape index (κ2) is 10.2. The summed E-state index contributed by atoms with van der Waals surface area (Å²) in [6, 6.07) is 9.38. The molecule has 1 aliphatic rings. The van der Waals surface area contributed by atoms with E-state index in [4.69, 9.17) is 14.9 Å². The Morgan fingerprint density at radius 3 is 2.59 bits per heavy atom. The van der Waals surface area contributed by atoms with Crippen molar-refractivity contribution >= 4 is 5.91 Å². The van der Waals surface area contributed by atoms with E-state index in [1.54, 1.807) is 19.1 Å². The van der Waals surface area contributed by atoms with Gasteiger partial charge in [-0.3, -0.25) is 4.79 Å². The van der Waals surface area contributed by atoms with Crippen molar-refractivity contribution in [2.24, 2.45) is 11.7 Å². The van der Waals surface area contributed by atoms with Crippen LogP contribution in [0.1, 0.15) is 47.6 Å². The summed E-state index contributed by atoms with van der Waals surface area (Å²) in [7, 11) is 0. The zero-order chi connectivity index (χ0) is 24.2. The summed E-state index contributed by atoms with van der Waals surface area (Å²) < 4.78 is 54.7. The lowest BCUT2D eigenvalue weighted by Crippen LogP contribution is -2.25. The quantitative estimate of drug-likeness (QED) is 0.436. The predicted molar refractivity (Wildman–Crippen MR) is 117 cm³/mol. The molecule has 4 rings (SSSR count). The molecule has 1 aliphatic carbocycles. The van der Waals surface area contributed by atoms with E-state index >= 15 is 0 Å². The van der Waals surface area contributed by atoms with Gasteiger partial charge in [0.15, 0.2) is 23.0 Å². The maximum atomic E-state index is 13.1. The lowest BCUT2D eigenvalue weighted by molar-refractivity contribution is -0.0515. The van der Waals surface area contributed by atoms with Gasteiger partial charge in [-0.2, -0.15) is 8.78 Å². The van der Waals surface area contributed by atoms with Gasteiger partial charge in [0.1, 0.15) is 5.82 Å². The molecule has 3 N–H and O–H groups in total. The van der Waals surface area contributed by atoms with Crippen LogP contribution in [0.25, 0.3) is 11.5 Å². The van der Waals surface area contributed by atoms with Crippen LogP contribution in [0.5, 0.6) is 11.5 Å². The SMILES string of the molecule is C[C@H](N)c1oc(-c2ccc(OC(F)F)c(OCC3CC3)c2)nc1C(=O)NCc1ccc(F)cc1. The predicted octanol–water partition coefficient (Wildman–Crippen LogP) is 4.82. The third-order valence-corrected chi connectivity index (χ3v) is 5.23. The summed E-state index contributed by atoms with van der Waals surface area (Å²) in [6.07, 6.45) is 2.05. The van der Waals surface area contributed by atoms with Crippen LogP contribution in [0, 0.1) is 11.7 Å². The van der Waals surface area contributed by atoms with Gasteiger partial charge in [0, 0.05) is 12.1 Å². The third-order valence-electron chi connectivity index (χ3n) is 5.23. The molecule has 2 aromatic carbocycles. The average molecular weight is 475 g/mol. The number of hydrogen-bond acceptors (Lipinski definition) is 6. The fourth-order valence-electron chi connectivity index (χ4n) is 3.23. The molecule has 0 radical (unpaired) electrons. The first-order valence-corrected chi connectivity index (χ1v) is 10.8. The second-order valence-corrected chi connectivity index (χ2v) is 8.12. The number of nitrogens with one attached hydrogen (secondary N) is 1. The first-order valence-electron chi connectivity index (χ1n) is 10.8. The zero-order valence-corrected chi connectivity index (χ0v) is 18.4. The topological polar surface area (TPSA) is 99.6 Å². The van der Waals surface area contributed by atoms with Crippen LogP contribution in [0.4, 0.5) is 13.2 Å². The van der Waals surface area contributed by atoms with Crippen molar-refractivity contribution in [2.75, 3.05) is 6.61 Å². The summed E-state index contributed by atoms with van der Waals surface area (Å²) in [6.45, 7) is -0.822. The highest BCUT2D eigenvalue weighted by Crippen LogP contribution is 2.37. The second-order valence-electron chi connectivity index (χ2n) is 8.12. The number of nitrogens with zero attached hydrogens (tertiary/aromatic N) is 1. The molecule has 0 aliphatic heterocycles. The lowest BCUT2D eigenvalue weighted by Gasteiger charge is -2.12. The first-order chi connectivity index (χ1) is 16.3. The highest BCUT2D eigenvalue weighted by Gasteiger charge is 2.26. The van der Waals surface area contributed by atoms with Crippen LogP contribution in [-0.4, -0.2) is 24.1 Å². The molecule has 0 bridgehead atoms. The molecule has 0 saturated heterocycles. The molecule has 10 heteroatoms. The van der Waals surface area contributed by atoms with Crippen molar-refractivity contribution in [3.05, 3.63) is 65.3 Å². The van der Waals surface area contributed by atoms with E-state index in [1.807, 2.05) is 0 Å². The molecule has 0 unspecified atom stereocenters. The number of halogens is 3. The first kappa shape index (κ1) is 23.6. The number of benzene rings is 2. The van der Waals surface area contributed by atoms with Gasteiger partial charge in [-0.05, 0) is 61.6 Å². The van der Waals surface area contributed by atoms with Crippen LogP contribution < -0.4 is 20.5 Å². The number of carbonyl (C=O) groups excluding carboxylic acids is 1. The average Bonchev–Trinajstić information content (AvgIpc) is 3.52. The number of hydrogen-bond donors (Lipinski definition) is 2. The van der Waals surface area contributed by atoms with Crippen LogP contribution in [0.3, 0.4) is 0 Å². The summed E-state index contributed by atoms with van der Waals surface area (Å²) in [5, 5.41) is 2.71. The van der Waals surface area contributed by atoms with E-state index in [9.17, 15) is 18.0 Å².